The molecule has 0 aromatic heterocycles. The summed E-state index contributed by atoms with van der Waals surface area (Å²) in [6.45, 7) is 0. The van der Waals surface area contributed by atoms with E-state index in [9.17, 15) is 18.3 Å². The Bertz CT molecular complexity index is 306. The van der Waals surface area contributed by atoms with Gasteiger partial charge in [-0.25, -0.2) is 18.3 Å². The summed E-state index contributed by atoms with van der Waals surface area (Å²) >= 11 is 0. The van der Waals surface area contributed by atoms with Gasteiger partial charge in [0.15, 0.2) is 0 Å². The van der Waals surface area contributed by atoms with Gasteiger partial charge in [-0.3, -0.25) is 8.92 Å². The molecule has 0 saturated carbocycles. The van der Waals surface area contributed by atoms with Crippen LogP contribution >= 0.6 is 15.8 Å². The first-order valence-electron chi connectivity index (χ1n) is 2.12. The fourth-order valence-electron chi connectivity index (χ4n) is 0.0544. The Balaban J connectivity index is -0.00000000456. The van der Waals surface area contributed by atoms with Gasteiger partial charge < -0.3 is 53.3 Å². The molecule has 0 saturated heterocycles. The molecule has 0 aliphatic heterocycles. The number of carbonyl (C=O) groups is 1. The number of carboxylic acid groups (broad SMARTS) is 2. The van der Waals surface area contributed by atoms with Crippen LogP contribution < -0.4 is 113 Å². The van der Waals surface area contributed by atoms with Gasteiger partial charge in [-0.15, -0.1) is 0 Å². The minimum absolute atomic E-state index is 0. The van der Waals surface area contributed by atoms with Crippen LogP contribution in [0.15, 0.2) is 0 Å². The van der Waals surface area contributed by atoms with Crippen molar-refractivity contribution in [1.29, 1.82) is 0 Å². The number of hydrogen-bond donors (Lipinski definition) is 0. The van der Waals surface area contributed by atoms with Crippen molar-refractivity contribution in [3.05, 3.63) is 0 Å². The molecule has 0 bridgehead atoms. The molecule has 0 atom stereocenters. The van der Waals surface area contributed by atoms with Crippen molar-refractivity contribution in [2.24, 2.45) is 0 Å². The SMILES string of the molecule is O=C([O-])[O-].O=P(=O)OP(=O)=O.O=[Si]=O.[K+].[K+].[Nb+5].[Nb+5].[O-2].[O-2].[O-2].[O-2].[O-2].[O-2].[O-2].[Ti+4]. The van der Waals surface area contributed by atoms with Gasteiger partial charge >= 0.3 is 194 Å². The van der Waals surface area contributed by atoms with E-state index in [1.165, 1.54) is 0 Å². The zero-order valence-corrected chi connectivity index (χ0v) is 27.2. The van der Waals surface area contributed by atoms with Crippen LogP contribution in [0.25, 0.3) is 0 Å². The van der Waals surface area contributed by atoms with E-state index in [-0.39, 0.29) is 208 Å². The number of hydrogen-bond acceptors (Lipinski definition) is 10. The van der Waals surface area contributed by atoms with E-state index in [0.717, 1.165) is 0 Å². The van der Waals surface area contributed by atoms with Gasteiger partial charge in [0.05, 0.1) is 0 Å². The minimum Gasteiger partial charge on any atom is -2.00 e. The maximum atomic E-state index is 9.24. The van der Waals surface area contributed by atoms with E-state index in [2.05, 4.69) is 4.31 Å². The first-order chi connectivity index (χ1) is 6.27. The van der Waals surface area contributed by atoms with Crippen LogP contribution in [0.1, 0.15) is 0 Å². The van der Waals surface area contributed by atoms with E-state index >= 15 is 0 Å². The Hall–Kier alpha value is 4.03. The third-order valence-electron chi connectivity index (χ3n) is 0.133. The minimum atomic E-state index is -3.24. The van der Waals surface area contributed by atoms with E-state index in [4.69, 9.17) is 23.9 Å². The third-order valence-corrected chi connectivity index (χ3v) is 1.20. The van der Waals surface area contributed by atoms with Crippen molar-refractivity contribution < 1.29 is 254 Å². The molecule has 26 heavy (non-hydrogen) atoms. The molecule has 0 spiro atoms. The summed E-state index contributed by atoms with van der Waals surface area (Å²) in [7, 11) is -7.89. The second-order valence-corrected chi connectivity index (χ2v) is 2.58. The molecule has 0 aromatic rings. The smallest absolute Gasteiger partial charge is 2.00 e. The van der Waals surface area contributed by atoms with Crippen LogP contribution in [0.4, 0.5) is 4.79 Å². The van der Waals surface area contributed by atoms with Crippen molar-refractivity contribution >= 4 is 31.3 Å². The van der Waals surface area contributed by atoms with Crippen LogP contribution in [0.2, 0.25) is 0 Å². The molecule has 17 nitrogen and oxygen atoms in total. The van der Waals surface area contributed by atoms with E-state index in [1.54, 1.807) is 0 Å². The van der Waals surface area contributed by atoms with Gasteiger partial charge in [0.1, 0.15) is 0 Å². The second-order valence-electron chi connectivity index (χ2n) is 0.862. The van der Waals surface area contributed by atoms with Crippen molar-refractivity contribution in [1.82, 2.24) is 0 Å². The summed E-state index contributed by atoms with van der Waals surface area (Å²) in [6, 6.07) is 0. The van der Waals surface area contributed by atoms with Crippen molar-refractivity contribution in [3.63, 3.8) is 0 Å². The fourth-order valence-corrected chi connectivity index (χ4v) is 0.490. The van der Waals surface area contributed by atoms with Crippen LogP contribution in [0.3, 0.4) is 0 Å². The summed E-state index contributed by atoms with van der Waals surface area (Å²) in [5, 5.41) is 16.7. The summed E-state index contributed by atoms with van der Waals surface area (Å²) in [4.78, 5) is 8.33. The molecular weight excluding hydrogens is 686 g/mol. The summed E-state index contributed by atoms with van der Waals surface area (Å²) < 4.78 is 56.9. The predicted octanol–water partition coefficient (Wildman–Crippen LogP) is -8.72. The van der Waals surface area contributed by atoms with Gasteiger partial charge in [-0.05, 0) is 6.16 Å². The molecule has 0 N–H and O–H groups in total. The first-order valence-corrected chi connectivity index (χ1v) is 5.12. The molecule has 0 rings (SSSR count). The Labute approximate surface area is 279 Å². The molecule has 0 unspecified atom stereocenters. The topological polar surface area (TPSA) is 374 Å². The fraction of sp³-hybridized carbons (Fsp3) is 0. The largest absolute Gasteiger partial charge is 5.00 e. The Morgan fingerprint density at radius 2 is 0.769 bits per heavy atom. The average Bonchev–Trinajstić information content (AvgIpc) is 1.82. The zero-order valence-electron chi connectivity index (χ0n) is 12.2. The molecule has 25 heteroatoms. The van der Waals surface area contributed by atoms with Gasteiger partial charge in [0, 0.05) is 0 Å². The number of carbonyl (C=O) groups excluding carboxylic acids is 1. The van der Waals surface area contributed by atoms with E-state index in [0.29, 0.717) is 0 Å². The van der Waals surface area contributed by atoms with Gasteiger partial charge in [0.25, 0.3) is 0 Å². The molecule has 136 valence electrons. The van der Waals surface area contributed by atoms with Crippen LogP contribution in [0, 0.1) is 0 Å². The van der Waals surface area contributed by atoms with Crippen LogP contribution in [-0.2, 0) is 136 Å². The monoisotopic (exact) mass is 686 g/mol. The Morgan fingerprint density at radius 3 is 0.769 bits per heavy atom. The standard InChI is InChI=1S/CH2O3.2K.2Nb.O5P2.O2Si.7O.Ti/c2-1(3)4;;;;;1-6(2)5-7(3)4;1-3-2;;;;;;;;/h(H2,2,3,4);;;;;;;;;;;;;;/q;2*+1;2*+5;;;7*-2;+4/p-2. The molecule has 0 radical (unpaired) electrons. The number of rotatable bonds is 2. The van der Waals surface area contributed by atoms with Gasteiger partial charge in [-0.1, -0.05) is 0 Å². The van der Waals surface area contributed by atoms with Crippen LogP contribution in [0.5, 0.6) is 0 Å². The normalized spacial score (nSPS) is 3.38. The van der Waals surface area contributed by atoms with E-state index < -0.39 is 31.3 Å². The summed E-state index contributed by atoms with van der Waals surface area (Å²) in [5.41, 5.74) is 0. The molecule has 0 aliphatic rings. The maximum Gasteiger partial charge on any atom is 5.00 e. The quantitative estimate of drug-likeness (QED) is 0.195. The third kappa shape index (κ3) is 317. The molecule has 0 aromatic carbocycles. The molecule has 0 amide bonds. The molecule has 0 aliphatic carbocycles. The van der Waals surface area contributed by atoms with Gasteiger partial charge in [-0.2, -0.15) is 4.31 Å². The second kappa shape index (κ2) is 101. The summed E-state index contributed by atoms with van der Waals surface area (Å²) in [5.74, 6) is 0. The maximum absolute atomic E-state index is 9.24. The van der Waals surface area contributed by atoms with Crippen LogP contribution in [-0.4, -0.2) is 15.4 Å². The Kier molecular flexibility index (Phi) is 435. The Morgan fingerprint density at radius 1 is 0.692 bits per heavy atom. The predicted molar refractivity (Wildman–Crippen MR) is 35.0 cm³/mol. The molecule has 0 heterocycles. The van der Waals surface area contributed by atoms with Crippen molar-refractivity contribution in [3.8, 4) is 0 Å². The van der Waals surface area contributed by atoms with Crippen molar-refractivity contribution in [2.75, 3.05) is 0 Å². The molecular formula is CK2Nb2O17P2SiTi. The zero-order chi connectivity index (χ0) is 12.1. The first kappa shape index (κ1) is 112. The van der Waals surface area contributed by atoms with E-state index in [1.807, 2.05) is 0 Å². The molecule has 0 fully saturated rings. The van der Waals surface area contributed by atoms with Gasteiger partial charge in [0.2, 0.25) is 0 Å². The average molecular weight is 686 g/mol. The summed E-state index contributed by atoms with van der Waals surface area (Å²) in [6.07, 6.45) is -2.33. The van der Waals surface area contributed by atoms with Crippen molar-refractivity contribution in [2.45, 2.75) is 0 Å².